The van der Waals surface area contributed by atoms with Gasteiger partial charge in [-0.3, -0.25) is 14.5 Å². The number of hydrogen-bond acceptors (Lipinski definition) is 5. The molecule has 0 spiro atoms. The Kier molecular flexibility index (Phi) is 6.92. The standard InChI is InChI=1S/C24H32N4O3/c25-23(29)19-6-4-14-28(17-19)20-10-8-18(9-11-20)24(30)26-16-21(22-7-5-15-31-22)27-12-2-1-3-13-27/h5,7-11,15,19,21H,1-4,6,12-14,16-17H2,(H2,25,29)(H,26,30)/t19-,21-/m0/s1. The summed E-state index contributed by atoms with van der Waals surface area (Å²) in [4.78, 5) is 28.9. The summed E-state index contributed by atoms with van der Waals surface area (Å²) >= 11 is 0. The fraction of sp³-hybridized carbons (Fsp3) is 0.500. The van der Waals surface area contributed by atoms with Crippen molar-refractivity contribution < 1.29 is 14.0 Å². The predicted octanol–water partition coefficient (Wildman–Crippen LogP) is 2.94. The number of hydrogen-bond donors (Lipinski definition) is 2. The third-order valence-electron chi connectivity index (χ3n) is 6.48. The van der Waals surface area contributed by atoms with Crippen LogP contribution in [0.5, 0.6) is 0 Å². The first kappa shape index (κ1) is 21.4. The van der Waals surface area contributed by atoms with E-state index in [1.54, 1.807) is 6.26 Å². The molecule has 31 heavy (non-hydrogen) atoms. The molecular weight excluding hydrogens is 392 g/mol. The number of nitrogens with two attached hydrogens (primary N) is 1. The first-order chi connectivity index (χ1) is 15.1. The van der Waals surface area contributed by atoms with E-state index in [-0.39, 0.29) is 23.8 Å². The van der Waals surface area contributed by atoms with E-state index < -0.39 is 0 Å². The van der Waals surface area contributed by atoms with Gasteiger partial charge in [0.25, 0.3) is 5.91 Å². The molecule has 0 saturated carbocycles. The molecule has 7 nitrogen and oxygen atoms in total. The van der Waals surface area contributed by atoms with E-state index in [0.717, 1.165) is 43.9 Å². The number of anilines is 1. The highest BCUT2D eigenvalue weighted by Crippen LogP contribution is 2.25. The smallest absolute Gasteiger partial charge is 0.251 e. The van der Waals surface area contributed by atoms with Gasteiger partial charge in [-0.05, 0) is 75.2 Å². The summed E-state index contributed by atoms with van der Waals surface area (Å²) in [7, 11) is 0. The van der Waals surface area contributed by atoms with Crippen LogP contribution in [0.4, 0.5) is 5.69 Å². The zero-order valence-corrected chi connectivity index (χ0v) is 18.0. The molecule has 4 rings (SSSR count). The quantitative estimate of drug-likeness (QED) is 0.713. The Morgan fingerprint density at radius 2 is 1.84 bits per heavy atom. The summed E-state index contributed by atoms with van der Waals surface area (Å²) < 4.78 is 5.66. The van der Waals surface area contributed by atoms with Gasteiger partial charge in [0.15, 0.2) is 0 Å². The van der Waals surface area contributed by atoms with E-state index in [4.69, 9.17) is 10.2 Å². The second kappa shape index (κ2) is 10.0. The Hall–Kier alpha value is -2.80. The van der Waals surface area contributed by atoms with Crippen LogP contribution in [0.1, 0.15) is 54.3 Å². The van der Waals surface area contributed by atoms with Crippen molar-refractivity contribution in [3.05, 3.63) is 54.0 Å². The zero-order chi connectivity index (χ0) is 21.6. The highest BCUT2D eigenvalue weighted by Gasteiger charge is 2.26. The number of carbonyl (C=O) groups excluding carboxylic acids is 2. The maximum absolute atomic E-state index is 12.8. The molecule has 0 radical (unpaired) electrons. The van der Waals surface area contributed by atoms with Gasteiger partial charge in [0.05, 0.1) is 18.2 Å². The van der Waals surface area contributed by atoms with Gasteiger partial charge in [0, 0.05) is 30.9 Å². The molecular formula is C24H32N4O3. The number of primary amides is 1. The van der Waals surface area contributed by atoms with E-state index in [0.29, 0.717) is 18.7 Å². The summed E-state index contributed by atoms with van der Waals surface area (Å²) in [5.41, 5.74) is 7.14. The van der Waals surface area contributed by atoms with Crippen LogP contribution >= 0.6 is 0 Å². The second-order valence-corrected chi connectivity index (χ2v) is 8.57. The van der Waals surface area contributed by atoms with Crippen LogP contribution in [-0.2, 0) is 4.79 Å². The van der Waals surface area contributed by atoms with Crippen molar-refractivity contribution in [1.29, 1.82) is 0 Å². The Morgan fingerprint density at radius 3 is 2.52 bits per heavy atom. The molecule has 2 aromatic rings. The molecule has 1 aromatic carbocycles. The van der Waals surface area contributed by atoms with E-state index in [2.05, 4.69) is 15.1 Å². The molecule has 0 unspecified atom stereocenters. The third kappa shape index (κ3) is 5.28. The van der Waals surface area contributed by atoms with Crippen LogP contribution in [0.2, 0.25) is 0 Å². The number of furan rings is 1. The summed E-state index contributed by atoms with van der Waals surface area (Å²) in [6, 6.07) is 11.5. The van der Waals surface area contributed by atoms with Gasteiger partial charge in [-0.15, -0.1) is 0 Å². The van der Waals surface area contributed by atoms with Crippen LogP contribution in [0, 0.1) is 5.92 Å². The van der Waals surface area contributed by atoms with Gasteiger partial charge in [-0.1, -0.05) is 6.42 Å². The molecule has 2 aliphatic heterocycles. The van der Waals surface area contributed by atoms with E-state index in [9.17, 15) is 9.59 Å². The minimum Gasteiger partial charge on any atom is -0.468 e. The van der Waals surface area contributed by atoms with Crippen molar-refractivity contribution >= 4 is 17.5 Å². The lowest BCUT2D eigenvalue weighted by molar-refractivity contribution is -0.122. The first-order valence-corrected chi connectivity index (χ1v) is 11.3. The minimum atomic E-state index is -0.236. The third-order valence-corrected chi connectivity index (χ3v) is 6.48. The highest BCUT2D eigenvalue weighted by molar-refractivity contribution is 5.94. The number of likely N-dealkylation sites (tertiary alicyclic amines) is 1. The largest absolute Gasteiger partial charge is 0.468 e. The monoisotopic (exact) mass is 424 g/mol. The number of piperidine rings is 2. The van der Waals surface area contributed by atoms with Crippen molar-refractivity contribution in [2.45, 2.75) is 38.1 Å². The molecule has 2 aliphatic rings. The van der Waals surface area contributed by atoms with Gasteiger partial charge >= 0.3 is 0 Å². The van der Waals surface area contributed by atoms with E-state index >= 15 is 0 Å². The molecule has 2 atom stereocenters. The number of rotatable bonds is 7. The lowest BCUT2D eigenvalue weighted by Crippen LogP contribution is -2.41. The fourth-order valence-electron chi connectivity index (χ4n) is 4.68. The maximum Gasteiger partial charge on any atom is 0.251 e. The number of nitrogens with one attached hydrogen (secondary N) is 1. The number of carbonyl (C=O) groups is 2. The molecule has 3 heterocycles. The molecule has 1 aromatic heterocycles. The SMILES string of the molecule is NC(=O)[C@H]1CCCN(c2ccc(C(=O)NC[C@@H](c3ccco3)N3CCCCC3)cc2)C1. The topological polar surface area (TPSA) is 91.8 Å². The molecule has 2 saturated heterocycles. The van der Waals surface area contributed by atoms with Crippen LogP contribution in [0.25, 0.3) is 0 Å². The van der Waals surface area contributed by atoms with Crippen molar-refractivity contribution in [3.8, 4) is 0 Å². The van der Waals surface area contributed by atoms with Gasteiger partial charge in [0.1, 0.15) is 5.76 Å². The summed E-state index contributed by atoms with van der Waals surface area (Å²) in [6.45, 7) is 4.11. The predicted molar refractivity (Wildman–Crippen MR) is 120 cm³/mol. The fourth-order valence-corrected chi connectivity index (χ4v) is 4.68. The van der Waals surface area contributed by atoms with Crippen LogP contribution in [-0.4, -0.2) is 49.4 Å². The lowest BCUT2D eigenvalue weighted by Gasteiger charge is -2.33. The Bertz CT molecular complexity index is 859. The zero-order valence-electron chi connectivity index (χ0n) is 18.0. The average Bonchev–Trinajstić information content (AvgIpc) is 3.34. The Morgan fingerprint density at radius 1 is 1.06 bits per heavy atom. The minimum absolute atomic E-state index is 0.0533. The van der Waals surface area contributed by atoms with Gasteiger partial charge in [0.2, 0.25) is 5.91 Å². The summed E-state index contributed by atoms with van der Waals surface area (Å²) in [5.74, 6) is 0.464. The number of nitrogens with zero attached hydrogens (tertiary/aromatic N) is 2. The van der Waals surface area contributed by atoms with Gasteiger partial charge in [-0.25, -0.2) is 0 Å². The first-order valence-electron chi connectivity index (χ1n) is 11.3. The number of benzene rings is 1. The summed E-state index contributed by atoms with van der Waals surface area (Å²) in [6.07, 6.45) is 7.10. The lowest BCUT2D eigenvalue weighted by atomic mass is 9.97. The number of amides is 2. The average molecular weight is 425 g/mol. The summed E-state index contributed by atoms with van der Waals surface area (Å²) in [5, 5.41) is 3.09. The molecule has 2 fully saturated rings. The van der Waals surface area contributed by atoms with Gasteiger partial charge < -0.3 is 20.4 Å². The molecule has 3 N–H and O–H groups in total. The molecule has 0 bridgehead atoms. The molecule has 0 aliphatic carbocycles. The Labute approximate surface area is 183 Å². The van der Waals surface area contributed by atoms with Crippen molar-refractivity contribution in [2.24, 2.45) is 11.7 Å². The van der Waals surface area contributed by atoms with Gasteiger partial charge in [-0.2, -0.15) is 0 Å². The Balaban J connectivity index is 1.37. The molecule has 7 heteroatoms. The van der Waals surface area contributed by atoms with Crippen molar-refractivity contribution in [1.82, 2.24) is 10.2 Å². The van der Waals surface area contributed by atoms with Crippen molar-refractivity contribution in [2.75, 3.05) is 37.6 Å². The molecule has 2 amide bonds. The second-order valence-electron chi connectivity index (χ2n) is 8.57. The van der Waals surface area contributed by atoms with Crippen molar-refractivity contribution in [3.63, 3.8) is 0 Å². The van der Waals surface area contributed by atoms with Crippen LogP contribution in [0.15, 0.2) is 47.1 Å². The van der Waals surface area contributed by atoms with E-state index in [1.807, 2.05) is 36.4 Å². The molecule has 166 valence electrons. The van der Waals surface area contributed by atoms with E-state index in [1.165, 1.54) is 19.3 Å². The highest BCUT2D eigenvalue weighted by atomic mass is 16.3. The van der Waals surface area contributed by atoms with Crippen LogP contribution in [0.3, 0.4) is 0 Å². The maximum atomic E-state index is 12.8. The normalized spacial score (nSPS) is 20.9. The van der Waals surface area contributed by atoms with Crippen LogP contribution < -0.4 is 16.0 Å².